The molecule has 1 rings (SSSR count). The van der Waals surface area contributed by atoms with Crippen LogP contribution in [0, 0.1) is 13.8 Å². The van der Waals surface area contributed by atoms with Crippen LogP contribution in [0.25, 0.3) is 0 Å². The van der Waals surface area contributed by atoms with E-state index in [2.05, 4.69) is 0 Å². The number of benzene rings is 1. The second-order valence-corrected chi connectivity index (χ2v) is 3.19. The molecule has 1 aromatic rings. The molecule has 0 aliphatic heterocycles. The van der Waals surface area contributed by atoms with Crippen molar-refractivity contribution in [3.05, 3.63) is 28.8 Å². The molecular weight excluding hydrogens is 178 g/mol. The average Bonchev–Trinajstić information content (AvgIpc) is 2.21. The maximum Gasteiger partial charge on any atom is 0.176 e. The molecule has 0 heterocycles. The van der Waals surface area contributed by atoms with Crippen LogP contribution in [0.1, 0.15) is 21.5 Å². The van der Waals surface area contributed by atoms with Gasteiger partial charge in [-0.2, -0.15) is 0 Å². The van der Waals surface area contributed by atoms with Crippen molar-refractivity contribution in [2.24, 2.45) is 5.73 Å². The summed E-state index contributed by atoms with van der Waals surface area (Å²) >= 11 is 0. The molecular formula is C11H15NO2. The maximum atomic E-state index is 11.4. The Hall–Kier alpha value is -1.35. The van der Waals surface area contributed by atoms with Gasteiger partial charge in [0.15, 0.2) is 5.78 Å². The zero-order valence-electron chi connectivity index (χ0n) is 8.76. The summed E-state index contributed by atoms with van der Waals surface area (Å²) in [6, 6.07) is 3.56. The van der Waals surface area contributed by atoms with Gasteiger partial charge in [-0.15, -0.1) is 0 Å². The Morgan fingerprint density at radius 2 is 2.00 bits per heavy atom. The largest absolute Gasteiger partial charge is 0.496 e. The number of hydrogen-bond acceptors (Lipinski definition) is 3. The number of carbonyl (C=O) groups excluding carboxylic acids is 1. The highest BCUT2D eigenvalue weighted by Crippen LogP contribution is 2.23. The summed E-state index contributed by atoms with van der Waals surface area (Å²) in [7, 11) is 1.62. The molecule has 0 aromatic heterocycles. The third-order valence-electron chi connectivity index (χ3n) is 2.44. The summed E-state index contributed by atoms with van der Waals surface area (Å²) < 4.78 is 5.15. The molecule has 0 amide bonds. The molecule has 0 aliphatic carbocycles. The molecule has 0 aliphatic rings. The zero-order chi connectivity index (χ0) is 10.7. The van der Waals surface area contributed by atoms with Crippen LogP contribution in [0.5, 0.6) is 5.75 Å². The topological polar surface area (TPSA) is 52.3 Å². The number of Topliss-reactive ketones (excluding diaryl/α,β-unsaturated/α-hetero) is 1. The molecule has 3 heteroatoms. The van der Waals surface area contributed by atoms with Gasteiger partial charge in [-0.3, -0.25) is 4.79 Å². The van der Waals surface area contributed by atoms with Crippen LogP contribution < -0.4 is 10.5 Å². The van der Waals surface area contributed by atoms with Crippen LogP contribution in [0.15, 0.2) is 12.1 Å². The third kappa shape index (κ3) is 1.77. The minimum atomic E-state index is -0.0340. The first-order valence-corrected chi connectivity index (χ1v) is 4.49. The lowest BCUT2D eigenvalue weighted by molar-refractivity contribution is 0.100. The van der Waals surface area contributed by atoms with E-state index in [9.17, 15) is 4.79 Å². The van der Waals surface area contributed by atoms with Crippen molar-refractivity contribution in [1.29, 1.82) is 0 Å². The minimum Gasteiger partial charge on any atom is -0.496 e. The quantitative estimate of drug-likeness (QED) is 0.739. The Balaban J connectivity index is 3.24. The second kappa shape index (κ2) is 4.24. The Morgan fingerprint density at radius 3 is 2.50 bits per heavy atom. The van der Waals surface area contributed by atoms with Crippen molar-refractivity contribution in [1.82, 2.24) is 0 Å². The van der Waals surface area contributed by atoms with E-state index in [-0.39, 0.29) is 12.3 Å². The fraction of sp³-hybridized carbons (Fsp3) is 0.364. The molecule has 0 saturated carbocycles. The number of nitrogens with two attached hydrogens (primary N) is 1. The van der Waals surface area contributed by atoms with Crippen molar-refractivity contribution in [2.45, 2.75) is 13.8 Å². The first kappa shape index (κ1) is 10.7. The SMILES string of the molecule is COc1ccc(C(=O)CN)c(C)c1C. The first-order chi connectivity index (χ1) is 6.61. The lowest BCUT2D eigenvalue weighted by Gasteiger charge is -2.10. The molecule has 0 fully saturated rings. The molecule has 76 valence electrons. The van der Waals surface area contributed by atoms with Gasteiger partial charge in [-0.05, 0) is 37.1 Å². The average molecular weight is 193 g/mol. The summed E-state index contributed by atoms with van der Waals surface area (Å²) in [6.07, 6.45) is 0. The van der Waals surface area contributed by atoms with Gasteiger partial charge in [0.1, 0.15) is 5.75 Å². The molecule has 0 unspecified atom stereocenters. The molecule has 0 bridgehead atoms. The van der Waals surface area contributed by atoms with Crippen molar-refractivity contribution in [2.75, 3.05) is 13.7 Å². The van der Waals surface area contributed by atoms with Crippen LogP contribution in [-0.4, -0.2) is 19.4 Å². The smallest absolute Gasteiger partial charge is 0.176 e. The molecule has 14 heavy (non-hydrogen) atoms. The van der Waals surface area contributed by atoms with Gasteiger partial charge in [-0.1, -0.05) is 0 Å². The number of rotatable bonds is 3. The van der Waals surface area contributed by atoms with Crippen LogP contribution in [0.4, 0.5) is 0 Å². The minimum absolute atomic E-state index is 0.0340. The number of ketones is 1. The highest BCUT2D eigenvalue weighted by atomic mass is 16.5. The highest BCUT2D eigenvalue weighted by Gasteiger charge is 2.11. The summed E-state index contributed by atoms with van der Waals surface area (Å²) in [4.78, 5) is 11.4. The third-order valence-corrected chi connectivity index (χ3v) is 2.44. The lowest BCUT2D eigenvalue weighted by Crippen LogP contribution is -2.15. The number of carbonyl (C=O) groups is 1. The van der Waals surface area contributed by atoms with Crippen LogP contribution in [0.3, 0.4) is 0 Å². The van der Waals surface area contributed by atoms with E-state index >= 15 is 0 Å². The number of hydrogen-bond donors (Lipinski definition) is 1. The first-order valence-electron chi connectivity index (χ1n) is 4.49. The molecule has 0 saturated heterocycles. The summed E-state index contributed by atoms with van der Waals surface area (Å²) in [6.45, 7) is 3.88. The van der Waals surface area contributed by atoms with E-state index in [1.54, 1.807) is 19.2 Å². The number of methoxy groups -OCH3 is 1. The van der Waals surface area contributed by atoms with Crippen molar-refractivity contribution >= 4 is 5.78 Å². The van der Waals surface area contributed by atoms with Crippen molar-refractivity contribution in [3.63, 3.8) is 0 Å². The Morgan fingerprint density at radius 1 is 1.36 bits per heavy atom. The predicted octanol–water partition coefficient (Wildman–Crippen LogP) is 1.45. The lowest BCUT2D eigenvalue weighted by atomic mass is 9.99. The van der Waals surface area contributed by atoms with E-state index in [0.29, 0.717) is 5.56 Å². The fourth-order valence-corrected chi connectivity index (χ4v) is 1.43. The summed E-state index contributed by atoms with van der Waals surface area (Å²) in [5.74, 6) is 0.768. The Kier molecular flexibility index (Phi) is 3.25. The zero-order valence-corrected chi connectivity index (χ0v) is 8.76. The standard InChI is InChI=1S/C11H15NO2/c1-7-8(2)11(14-3)5-4-9(7)10(13)6-12/h4-5H,6,12H2,1-3H3. The van der Waals surface area contributed by atoms with E-state index in [1.807, 2.05) is 13.8 Å². The van der Waals surface area contributed by atoms with E-state index < -0.39 is 0 Å². The predicted molar refractivity (Wildman–Crippen MR) is 55.9 cm³/mol. The molecule has 0 spiro atoms. The van der Waals surface area contributed by atoms with Crippen LogP contribution >= 0.6 is 0 Å². The summed E-state index contributed by atoms with van der Waals surface area (Å²) in [5.41, 5.74) is 7.94. The Labute approximate surface area is 83.9 Å². The van der Waals surface area contributed by atoms with E-state index in [4.69, 9.17) is 10.5 Å². The maximum absolute atomic E-state index is 11.4. The molecule has 0 radical (unpaired) electrons. The van der Waals surface area contributed by atoms with Gasteiger partial charge in [0.2, 0.25) is 0 Å². The van der Waals surface area contributed by atoms with Gasteiger partial charge in [-0.25, -0.2) is 0 Å². The second-order valence-electron chi connectivity index (χ2n) is 3.19. The van der Waals surface area contributed by atoms with Crippen molar-refractivity contribution < 1.29 is 9.53 Å². The number of ether oxygens (including phenoxy) is 1. The van der Waals surface area contributed by atoms with Gasteiger partial charge >= 0.3 is 0 Å². The van der Waals surface area contributed by atoms with Gasteiger partial charge in [0.05, 0.1) is 13.7 Å². The van der Waals surface area contributed by atoms with Gasteiger partial charge < -0.3 is 10.5 Å². The molecule has 3 nitrogen and oxygen atoms in total. The molecule has 1 aromatic carbocycles. The molecule has 0 atom stereocenters. The normalized spacial score (nSPS) is 10.0. The van der Waals surface area contributed by atoms with Crippen LogP contribution in [0.2, 0.25) is 0 Å². The Bertz CT molecular complexity index is 359. The monoisotopic (exact) mass is 193 g/mol. The van der Waals surface area contributed by atoms with E-state index in [1.165, 1.54) is 0 Å². The molecule has 2 N–H and O–H groups in total. The van der Waals surface area contributed by atoms with E-state index in [0.717, 1.165) is 16.9 Å². The van der Waals surface area contributed by atoms with Gasteiger partial charge in [0, 0.05) is 5.56 Å². The summed E-state index contributed by atoms with van der Waals surface area (Å²) in [5, 5.41) is 0. The highest BCUT2D eigenvalue weighted by molar-refractivity contribution is 5.99. The van der Waals surface area contributed by atoms with Crippen LogP contribution in [-0.2, 0) is 0 Å². The van der Waals surface area contributed by atoms with Gasteiger partial charge in [0.25, 0.3) is 0 Å². The van der Waals surface area contributed by atoms with Crippen molar-refractivity contribution in [3.8, 4) is 5.75 Å². The fourth-order valence-electron chi connectivity index (χ4n) is 1.43.